The van der Waals surface area contributed by atoms with Crippen LogP contribution in [0.25, 0.3) is 0 Å². The molecule has 0 heterocycles. The zero-order chi connectivity index (χ0) is 13.9. The number of hydrogen-bond acceptors (Lipinski definition) is 2. The molecule has 18 heavy (non-hydrogen) atoms. The number of hydrogen-bond donors (Lipinski definition) is 2. The van der Waals surface area contributed by atoms with Crippen LogP contribution in [-0.4, -0.2) is 11.9 Å². The molecule has 1 atom stereocenters. The van der Waals surface area contributed by atoms with Crippen LogP contribution >= 0.6 is 11.6 Å². The molecular formula is C12H15ClF2N2O. The van der Waals surface area contributed by atoms with Gasteiger partial charge in [0.2, 0.25) is 5.91 Å². The molecule has 3 nitrogen and oxygen atoms in total. The number of nitrogens with one attached hydrogen (secondary N) is 1. The standard InChI is InChI=1S/C12H15ClF2N2O/c1-6(2)10(16)5-11(18)17-12-8(13)3-7(14)4-9(12)15/h3-4,6,10H,5,16H2,1-2H3,(H,17,18). The van der Waals surface area contributed by atoms with Crippen molar-refractivity contribution in [2.75, 3.05) is 5.32 Å². The highest BCUT2D eigenvalue weighted by molar-refractivity contribution is 6.33. The summed E-state index contributed by atoms with van der Waals surface area (Å²) in [6.45, 7) is 3.76. The van der Waals surface area contributed by atoms with Gasteiger partial charge in [0.15, 0.2) is 5.82 Å². The maximum atomic E-state index is 13.4. The number of rotatable bonds is 4. The maximum Gasteiger partial charge on any atom is 0.226 e. The molecular weight excluding hydrogens is 262 g/mol. The summed E-state index contributed by atoms with van der Waals surface area (Å²) in [5.74, 6) is -2.03. The van der Waals surface area contributed by atoms with Gasteiger partial charge in [-0.05, 0) is 12.0 Å². The van der Waals surface area contributed by atoms with Crippen LogP contribution in [-0.2, 0) is 4.79 Å². The minimum Gasteiger partial charge on any atom is -0.327 e. The summed E-state index contributed by atoms with van der Waals surface area (Å²) in [5, 5.41) is 2.12. The van der Waals surface area contributed by atoms with Crippen LogP contribution in [0, 0.1) is 17.6 Å². The van der Waals surface area contributed by atoms with E-state index in [9.17, 15) is 13.6 Å². The van der Waals surface area contributed by atoms with Crippen molar-refractivity contribution in [3.63, 3.8) is 0 Å². The van der Waals surface area contributed by atoms with E-state index in [4.69, 9.17) is 17.3 Å². The number of halogens is 3. The van der Waals surface area contributed by atoms with Crippen LogP contribution in [0.4, 0.5) is 14.5 Å². The summed E-state index contributed by atoms with van der Waals surface area (Å²) >= 11 is 5.65. The van der Waals surface area contributed by atoms with Gasteiger partial charge in [0.05, 0.1) is 10.7 Å². The first-order valence-electron chi connectivity index (χ1n) is 5.51. The van der Waals surface area contributed by atoms with Crippen molar-refractivity contribution in [1.82, 2.24) is 0 Å². The molecule has 0 spiro atoms. The van der Waals surface area contributed by atoms with Crippen molar-refractivity contribution in [2.45, 2.75) is 26.3 Å². The summed E-state index contributed by atoms with van der Waals surface area (Å²) < 4.78 is 26.2. The van der Waals surface area contributed by atoms with Crippen molar-refractivity contribution in [3.05, 3.63) is 28.8 Å². The van der Waals surface area contributed by atoms with Gasteiger partial charge in [-0.1, -0.05) is 25.4 Å². The average Bonchev–Trinajstić information content (AvgIpc) is 2.23. The number of anilines is 1. The lowest BCUT2D eigenvalue weighted by Gasteiger charge is -2.15. The van der Waals surface area contributed by atoms with Gasteiger partial charge in [-0.2, -0.15) is 0 Å². The molecule has 0 saturated carbocycles. The zero-order valence-corrected chi connectivity index (χ0v) is 10.9. The van der Waals surface area contributed by atoms with E-state index in [1.165, 1.54) is 0 Å². The molecule has 1 amide bonds. The predicted molar refractivity (Wildman–Crippen MR) is 67.4 cm³/mol. The SMILES string of the molecule is CC(C)C(N)CC(=O)Nc1c(F)cc(F)cc1Cl. The lowest BCUT2D eigenvalue weighted by Crippen LogP contribution is -2.31. The summed E-state index contributed by atoms with van der Waals surface area (Å²) in [4.78, 5) is 11.6. The van der Waals surface area contributed by atoms with E-state index in [1.54, 1.807) is 0 Å². The lowest BCUT2D eigenvalue weighted by atomic mass is 10.0. The maximum absolute atomic E-state index is 13.4. The molecule has 6 heteroatoms. The van der Waals surface area contributed by atoms with E-state index < -0.39 is 17.5 Å². The first-order chi connectivity index (χ1) is 8.31. The minimum absolute atomic E-state index is 0.0464. The van der Waals surface area contributed by atoms with Gasteiger partial charge in [0.25, 0.3) is 0 Å². The molecule has 0 aliphatic carbocycles. The molecule has 1 aromatic rings. The number of nitrogens with two attached hydrogens (primary N) is 1. The van der Waals surface area contributed by atoms with Crippen LogP contribution in [0.1, 0.15) is 20.3 Å². The Morgan fingerprint density at radius 2 is 2.06 bits per heavy atom. The third-order valence-corrected chi connectivity index (χ3v) is 2.85. The lowest BCUT2D eigenvalue weighted by molar-refractivity contribution is -0.116. The average molecular weight is 277 g/mol. The van der Waals surface area contributed by atoms with E-state index >= 15 is 0 Å². The van der Waals surface area contributed by atoms with E-state index in [-0.39, 0.29) is 29.1 Å². The highest BCUT2D eigenvalue weighted by Crippen LogP contribution is 2.26. The second-order valence-corrected chi connectivity index (χ2v) is 4.81. The van der Waals surface area contributed by atoms with Crippen LogP contribution < -0.4 is 11.1 Å². The smallest absolute Gasteiger partial charge is 0.226 e. The quantitative estimate of drug-likeness (QED) is 0.888. The van der Waals surface area contributed by atoms with E-state index in [2.05, 4.69) is 5.32 Å². The van der Waals surface area contributed by atoms with Crippen molar-refractivity contribution in [1.29, 1.82) is 0 Å². The van der Waals surface area contributed by atoms with Gasteiger partial charge in [-0.25, -0.2) is 8.78 Å². The van der Waals surface area contributed by atoms with Gasteiger partial charge in [0, 0.05) is 18.5 Å². The Morgan fingerprint density at radius 1 is 1.44 bits per heavy atom. The van der Waals surface area contributed by atoms with Gasteiger partial charge >= 0.3 is 0 Å². The fourth-order valence-corrected chi connectivity index (χ4v) is 1.54. The Balaban J connectivity index is 2.77. The third kappa shape index (κ3) is 3.92. The molecule has 100 valence electrons. The van der Waals surface area contributed by atoms with Crippen LogP contribution in [0.3, 0.4) is 0 Å². The summed E-state index contributed by atoms with van der Waals surface area (Å²) in [6, 6.07) is 1.26. The van der Waals surface area contributed by atoms with Crippen LogP contribution in [0.5, 0.6) is 0 Å². The molecule has 0 bridgehead atoms. The highest BCUT2D eigenvalue weighted by atomic mass is 35.5. The predicted octanol–water partition coefficient (Wildman–Crippen LogP) is 2.93. The van der Waals surface area contributed by atoms with E-state index in [0.717, 1.165) is 6.07 Å². The molecule has 0 aliphatic rings. The second kappa shape index (κ2) is 6.11. The van der Waals surface area contributed by atoms with Gasteiger partial charge in [-0.15, -0.1) is 0 Å². The molecule has 3 N–H and O–H groups in total. The largest absolute Gasteiger partial charge is 0.327 e. The van der Waals surface area contributed by atoms with Gasteiger partial charge in [-0.3, -0.25) is 4.79 Å². The monoisotopic (exact) mass is 276 g/mol. The third-order valence-electron chi connectivity index (χ3n) is 2.55. The topological polar surface area (TPSA) is 55.1 Å². The first-order valence-corrected chi connectivity index (χ1v) is 5.89. The highest BCUT2D eigenvalue weighted by Gasteiger charge is 2.16. The molecule has 1 aromatic carbocycles. The zero-order valence-electron chi connectivity index (χ0n) is 10.1. The van der Waals surface area contributed by atoms with Crippen LogP contribution in [0.15, 0.2) is 12.1 Å². The Morgan fingerprint density at radius 3 is 2.56 bits per heavy atom. The van der Waals surface area contributed by atoms with Crippen LogP contribution in [0.2, 0.25) is 5.02 Å². The molecule has 0 fully saturated rings. The first kappa shape index (κ1) is 14.9. The Kier molecular flexibility index (Phi) is 5.04. The summed E-state index contributed by atoms with van der Waals surface area (Å²) in [5.41, 5.74) is 5.50. The fourth-order valence-electron chi connectivity index (χ4n) is 1.30. The van der Waals surface area contributed by atoms with Crippen molar-refractivity contribution in [3.8, 4) is 0 Å². The van der Waals surface area contributed by atoms with Crippen molar-refractivity contribution >= 4 is 23.2 Å². The van der Waals surface area contributed by atoms with E-state index in [0.29, 0.717) is 6.07 Å². The fraction of sp³-hybridized carbons (Fsp3) is 0.417. The number of carbonyl (C=O) groups is 1. The minimum atomic E-state index is -0.911. The molecule has 1 rings (SSSR count). The number of benzene rings is 1. The molecule has 0 saturated heterocycles. The number of amides is 1. The Hall–Kier alpha value is -1.20. The number of carbonyl (C=O) groups excluding carboxylic acids is 1. The normalized spacial score (nSPS) is 12.6. The summed E-state index contributed by atoms with van der Waals surface area (Å²) in [7, 11) is 0. The Labute approximate surface area is 109 Å². The van der Waals surface area contributed by atoms with Crippen molar-refractivity contribution in [2.24, 2.45) is 11.7 Å². The second-order valence-electron chi connectivity index (χ2n) is 4.40. The molecule has 0 radical (unpaired) electrons. The molecule has 0 aliphatic heterocycles. The summed E-state index contributed by atoms with van der Waals surface area (Å²) in [6.07, 6.45) is 0.0464. The van der Waals surface area contributed by atoms with Gasteiger partial charge < -0.3 is 11.1 Å². The molecule has 0 aromatic heterocycles. The van der Waals surface area contributed by atoms with Gasteiger partial charge in [0.1, 0.15) is 5.82 Å². The Bertz CT molecular complexity index is 429. The van der Waals surface area contributed by atoms with Crippen molar-refractivity contribution < 1.29 is 13.6 Å². The molecule has 1 unspecified atom stereocenters. The van der Waals surface area contributed by atoms with E-state index in [1.807, 2.05) is 13.8 Å².